The molecule has 4 nitrogen and oxygen atoms in total. The third-order valence-electron chi connectivity index (χ3n) is 2.14. The molecule has 1 unspecified atom stereocenters. The molecule has 0 fully saturated rings. The number of nitrogens with one attached hydrogen (secondary N) is 1. The SMILES string of the molecule is CC(C)NC(=O)C(C)OC(=O)c1cccc(Br)c1. The molecule has 0 bridgehead atoms. The van der Waals surface area contributed by atoms with Gasteiger partial charge in [-0.2, -0.15) is 0 Å². The fourth-order valence-corrected chi connectivity index (χ4v) is 1.70. The van der Waals surface area contributed by atoms with E-state index in [1.807, 2.05) is 19.9 Å². The van der Waals surface area contributed by atoms with Gasteiger partial charge in [0.2, 0.25) is 0 Å². The lowest BCUT2D eigenvalue weighted by Gasteiger charge is -2.15. The Morgan fingerprint density at radius 3 is 2.50 bits per heavy atom. The summed E-state index contributed by atoms with van der Waals surface area (Å²) in [7, 11) is 0. The Morgan fingerprint density at radius 2 is 1.94 bits per heavy atom. The van der Waals surface area contributed by atoms with Gasteiger partial charge in [-0.3, -0.25) is 4.79 Å². The minimum atomic E-state index is -0.807. The van der Waals surface area contributed by atoms with Crippen LogP contribution in [0.1, 0.15) is 31.1 Å². The highest BCUT2D eigenvalue weighted by molar-refractivity contribution is 9.10. The summed E-state index contributed by atoms with van der Waals surface area (Å²) in [5.74, 6) is -0.809. The van der Waals surface area contributed by atoms with Crippen molar-refractivity contribution in [3.8, 4) is 0 Å². The molecule has 0 aliphatic rings. The molecule has 1 atom stereocenters. The average molecular weight is 314 g/mol. The first-order valence-corrected chi connectivity index (χ1v) is 6.46. The van der Waals surface area contributed by atoms with Crippen molar-refractivity contribution in [2.24, 2.45) is 0 Å². The number of benzene rings is 1. The van der Waals surface area contributed by atoms with Crippen LogP contribution in [-0.4, -0.2) is 24.0 Å². The van der Waals surface area contributed by atoms with E-state index in [4.69, 9.17) is 4.74 Å². The number of amides is 1. The second kappa shape index (κ2) is 6.54. The maximum Gasteiger partial charge on any atom is 0.338 e. The van der Waals surface area contributed by atoms with Gasteiger partial charge in [-0.1, -0.05) is 22.0 Å². The van der Waals surface area contributed by atoms with Crippen LogP contribution in [0.3, 0.4) is 0 Å². The number of carbonyl (C=O) groups excluding carboxylic acids is 2. The Labute approximate surface area is 115 Å². The Bertz CT molecular complexity index is 446. The van der Waals surface area contributed by atoms with E-state index in [1.165, 1.54) is 0 Å². The van der Waals surface area contributed by atoms with Gasteiger partial charge >= 0.3 is 5.97 Å². The Morgan fingerprint density at radius 1 is 1.28 bits per heavy atom. The molecule has 0 aliphatic heterocycles. The van der Waals surface area contributed by atoms with E-state index in [0.29, 0.717) is 5.56 Å². The summed E-state index contributed by atoms with van der Waals surface area (Å²) >= 11 is 3.27. The lowest BCUT2D eigenvalue weighted by atomic mass is 10.2. The molecule has 0 aromatic heterocycles. The van der Waals surface area contributed by atoms with Crippen LogP contribution in [-0.2, 0) is 9.53 Å². The molecule has 18 heavy (non-hydrogen) atoms. The quantitative estimate of drug-likeness (QED) is 0.869. The van der Waals surface area contributed by atoms with Crippen LogP contribution in [0.2, 0.25) is 0 Å². The van der Waals surface area contributed by atoms with Crippen molar-refractivity contribution < 1.29 is 14.3 Å². The van der Waals surface area contributed by atoms with Gasteiger partial charge in [0.05, 0.1) is 5.56 Å². The van der Waals surface area contributed by atoms with Gasteiger partial charge < -0.3 is 10.1 Å². The molecule has 1 aromatic rings. The van der Waals surface area contributed by atoms with Gasteiger partial charge in [0, 0.05) is 10.5 Å². The zero-order chi connectivity index (χ0) is 13.7. The van der Waals surface area contributed by atoms with Gasteiger partial charge in [-0.25, -0.2) is 4.79 Å². The predicted octanol–water partition coefficient (Wildman–Crippen LogP) is 2.52. The molecule has 0 aliphatic carbocycles. The van der Waals surface area contributed by atoms with Crippen LogP contribution in [0.4, 0.5) is 0 Å². The lowest BCUT2D eigenvalue weighted by molar-refractivity contribution is -0.129. The molecular weight excluding hydrogens is 298 g/mol. The first-order valence-electron chi connectivity index (χ1n) is 5.67. The lowest BCUT2D eigenvalue weighted by Crippen LogP contribution is -2.39. The van der Waals surface area contributed by atoms with E-state index in [1.54, 1.807) is 25.1 Å². The summed E-state index contributed by atoms with van der Waals surface area (Å²) in [5.41, 5.74) is 0.411. The number of ether oxygens (including phenoxy) is 1. The average Bonchev–Trinajstić information content (AvgIpc) is 2.27. The van der Waals surface area contributed by atoms with Crippen LogP contribution in [0, 0.1) is 0 Å². The number of halogens is 1. The molecule has 0 saturated heterocycles. The molecule has 1 rings (SSSR count). The molecule has 0 radical (unpaired) electrons. The van der Waals surface area contributed by atoms with Crippen molar-refractivity contribution in [1.29, 1.82) is 0 Å². The summed E-state index contributed by atoms with van der Waals surface area (Å²) in [5, 5.41) is 2.69. The minimum absolute atomic E-state index is 0.0181. The number of hydrogen-bond acceptors (Lipinski definition) is 3. The van der Waals surface area contributed by atoms with Gasteiger partial charge in [-0.15, -0.1) is 0 Å². The molecule has 0 spiro atoms. The highest BCUT2D eigenvalue weighted by atomic mass is 79.9. The molecule has 0 heterocycles. The highest BCUT2D eigenvalue weighted by Crippen LogP contribution is 2.13. The summed E-state index contributed by atoms with van der Waals surface area (Å²) in [6.45, 7) is 5.25. The van der Waals surface area contributed by atoms with Crippen LogP contribution in [0.25, 0.3) is 0 Å². The molecular formula is C13H16BrNO3. The van der Waals surface area contributed by atoms with Gasteiger partial charge in [-0.05, 0) is 39.0 Å². The first-order chi connectivity index (χ1) is 8.40. The normalized spacial score (nSPS) is 12.1. The minimum Gasteiger partial charge on any atom is -0.449 e. The van der Waals surface area contributed by atoms with Crippen molar-refractivity contribution in [1.82, 2.24) is 5.32 Å². The number of rotatable bonds is 4. The second-order valence-electron chi connectivity index (χ2n) is 4.22. The number of hydrogen-bond donors (Lipinski definition) is 1. The third-order valence-corrected chi connectivity index (χ3v) is 2.64. The molecule has 1 aromatic carbocycles. The second-order valence-corrected chi connectivity index (χ2v) is 5.14. The smallest absolute Gasteiger partial charge is 0.338 e. The summed E-state index contributed by atoms with van der Waals surface area (Å²) in [6.07, 6.45) is -0.807. The zero-order valence-electron chi connectivity index (χ0n) is 10.6. The molecule has 5 heteroatoms. The Kier molecular flexibility index (Phi) is 5.34. The standard InChI is InChI=1S/C13H16BrNO3/c1-8(2)15-12(16)9(3)18-13(17)10-5-4-6-11(14)7-10/h4-9H,1-3H3,(H,15,16). The summed E-state index contributed by atoms with van der Waals surface area (Å²) < 4.78 is 5.87. The highest BCUT2D eigenvalue weighted by Gasteiger charge is 2.19. The van der Waals surface area contributed by atoms with Gasteiger partial charge in [0.1, 0.15) is 0 Å². The van der Waals surface area contributed by atoms with Crippen LogP contribution in [0.15, 0.2) is 28.7 Å². The van der Waals surface area contributed by atoms with Crippen molar-refractivity contribution in [2.45, 2.75) is 32.9 Å². The third kappa shape index (κ3) is 4.49. The fourth-order valence-electron chi connectivity index (χ4n) is 1.30. The van der Waals surface area contributed by atoms with Crippen LogP contribution >= 0.6 is 15.9 Å². The number of esters is 1. The van der Waals surface area contributed by atoms with E-state index < -0.39 is 12.1 Å². The van der Waals surface area contributed by atoms with Crippen molar-refractivity contribution in [2.75, 3.05) is 0 Å². The summed E-state index contributed by atoms with van der Waals surface area (Å²) in [6, 6.07) is 6.85. The molecule has 98 valence electrons. The monoisotopic (exact) mass is 313 g/mol. The molecule has 0 saturated carbocycles. The maximum atomic E-state index is 11.8. The van der Waals surface area contributed by atoms with Crippen molar-refractivity contribution >= 4 is 27.8 Å². The Balaban J connectivity index is 2.62. The van der Waals surface area contributed by atoms with Gasteiger partial charge in [0.15, 0.2) is 6.10 Å². The van der Waals surface area contributed by atoms with E-state index in [-0.39, 0.29) is 11.9 Å². The van der Waals surface area contributed by atoms with E-state index >= 15 is 0 Å². The molecule has 1 N–H and O–H groups in total. The first kappa shape index (κ1) is 14.7. The van der Waals surface area contributed by atoms with Crippen LogP contribution in [0.5, 0.6) is 0 Å². The van der Waals surface area contributed by atoms with E-state index in [2.05, 4.69) is 21.2 Å². The fraction of sp³-hybridized carbons (Fsp3) is 0.385. The van der Waals surface area contributed by atoms with Crippen molar-refractivity contribution in [3.63, 3.8) is 0 Å². The van der Waals surface area contributed by atoms with Crippen LogP contribution < -0.4 is 5.32 Å². The topological polar surface area (TPSA) is 55.4 Å². The van der Waals surface area contributed by atoms with Crippen molar-refractivity contribution in [3.05, 3.63) is 34.3 Å². The molecule has 1 amide bonds. The number of carbonyl (C=O) groups is 2. The van der Waals surface area contributed by atoms with E-state index in [0.717, 1.165) is 4.47 Å². The summed E-state index contributed by atoms with van der Waals surface area (Å²) in [4.78, 5) is 23.4. The van der Waals surface area contributed by atoms with Gasteiger partial charge in [0.25, 0.3) is 5.91 Å². The maximum absolute atomic E-state index is 11.8. The zero-order valence-corrected chi connectivity index (χ0v) is 12.2. The van der Waals surface area contributed by atoms with E-state index in [9.17, 15) is 9.59 Å². The Hall–Kier alpha value is -1.36. The predicted molar refractivity (Wildman–Crippen MR) is 72.3 cm³/mol. The largest absolute Gasteiger partial charge is 0.449 e.